The average molecular weight is 809 g/mol. The number of halogens is 2. The lowest BCUT2D eigenvalue weighted by molar-refractivity contribution is -0.136. The van der Waals surface area contributed by atoms with Crippen LogP contribution >= 0.6 is 0 Å². The van der Waals surface area contributed by atoms with Crippen molar-refractivity contribution in [2.24, 2.45) is 17.8 Å². The molecule has 8 rings (SSSR count). The summed E-state index contributed by atoms with van der Waals surface area (Å²) in [5.41, 5.74) is 1.01. The van der Waals surface area contributed by atoms with Crippen LogP contribution in [-0.4, -0.2) is 103 Å². The first-order valence-corrected chi connectivity index (χ1v) is 20.4. The van der Waals surface area contributed by atoms with Crippen LogP contribution in [0, 0.1) is 40.7 Å². The average Bonchev–Trinajstić information content (AvgIpc) is 3.48. The molecule has 59 heavy (non-hydrogen) atoms. The predicted octanol–water partition coefficient (Wildman–Crippen LogP) is 4.50. The lowest BCUT2D eigenvalue weighted by Gasteiger charge is -2.38. The van der Waals surface area contributed by atoms with E-state index >= 15 is 4.39 Å². The Labute approximate surface area is 340 Å². The Balaban J connectivity index is 0.737. The minimum absolute atomic E-state index is 0.0128. The molecule has 308 valence electrons. The molecule has 6 heterocycles. The van der Waals surface area contributed by atoms with Gasteiger partial charge >= 0.3 is 0 Å². The van der Waals surface area contributed by atoms with Crippen molar-refractivity contribution in [1.82, 2.24) is 20.1 Å². The molecule has 5 aliphatic rings. The maximum Gasteiger partial charge on any atom is 0.262 e. The molecule has 14 nitrogen and oxygen atoms in total. The summed E-state index contributed by atoms with van der Waals surface area (Å²) >= 11 is 0. The van der Waals surface area contributed by atoms with E-state index in [4.69, 9.17) is 10.00 Å². The number of benzene rings is 2. The van der Waals surface area contributed by atoms with Gasteiger partial charge in [0.15, 0.2) is 0 Å². The van der Waals surface area contributed by atoms with Gasteiger partial charge in [-0.15, -0.1) is 0 Å². The molecule has 1 aromatic heterocycles. The van der Waals surface area contributed by atoms with Crippen LogP contribution in [0.1, 0.15) is 77.6 Å². The van der Waals surface area contributed by atoms with Crippen LogP contribution < -0.4 is 25.2 Å². The fourth-order valence-corrected chi connectivity index (χ4v) is 8.95. The number of carbonyl (C=O) groups excluding carboxylic acids is 5. The topological polar surface area (TPSA) is 168 Å². The monoisotopic (exact) mass is 808 g/mol. The minimum atomic E-state index is -1.10. The highest BCUT2D eigenvalue weighted by Crippen LogP contribution is 2.35. The zero-order chi connectivity index (χ0) is 41.2. The number of nitriles is 1. The van der Waals surface area contributed by atoms with Crippen LogP contribution in [0.3, 0.4) is 0 Å². The molecule has 1 atom stereocenters. The summed E-state index contributed by atoms with van der Waals surface area (Å²) < 4.78 is 35.6. The Morgan fingerprint density at radius 2 is 1.53 bits per heavy atom. The number of nitrogens with zero attached hydrogens (tertiary/aromatic N) is 6. The summed E-state index contributed by atoms with van der Waals surface area (Å²) in [6.45, 7) is 5.89. The standard InChI is InChI=1S/C43H46F2N8O6/c44-34-19-30(2-1-29(34)22-46)51-17-11-28(12-18-51)40(55)48-38-5-3-31(23-47-38)59-25-27-7-13-50(14-8-27)24-26-9-15-52(16-10-26)37-21-33-32(20-35(37)45)42(57)53(43(33)58)36-4-6-39(54)49-41(36)56/h1-3,5,19-21,23,26-28,36H,4,6-18,24-25H2,(H,47,48,55)(H,49,54,56). The number of ether oxygens (including phenoxy) is 1. The summed E-state index contributed by atoms with van der Waals surface area (Å²) in [5.74, 6) is -1.98. The van der Waals surface area contributed by atoms with E-state index in [9.17, 15) is 28.4 Å². The summed E-state index contributed by atoms with van der Waals surface area (Å²) in [7, 11) is 0. The van der Waals surface area contributed by atoms with Crippen molar-refractivity contribution in [3.8, 4) is 11.8 Å². The van der Waals surface area contributed by atoms with Gasteiger partial charge in [0.2, 0.25) is 17.7 Å². The van der Waals surface area contributed by atoms with E-state index in [2.05, 4.69) is 20.5 Å². The highest BCUT2D eigenvalue weighted by Gasteiger charge is 2.45. The van der Waals surface area contributed by atoms with Gasteiger partial charge in [-0.2, -0.15) is 5.26 Å². The molecular weight excluding hydrogens is 763 g/mol. The van der Waals surface area contributed by atoms with E-state index in [1.54, 1.807) is 18.3 Å². The normalized spacial score (nSPS) is 21.0. The van der Waals surface area contributed by atoms with Gasteiger partial charge in [-0.25, -0.2) is 13.8 Å². The van der Waals surface area contributed by atoms with Crippen LogP contribution in [0.4, 0.5) is 26.0 Å². The Morgan fingerprint density at radius 3 is 2.19 bits per heavy atom. The lowest BCUT2D eigenvalue weighted by Crippen LogP contribution is -2.54. The van der Waals surface area contributed by atoms with Crippen molar-refractivity contribution >= 4 is 46.7 Å². The van der Waals surface area contributed by atoms with Crippen LogP contribution in [-0.2, 0) is 14.4 Å². The number of piperidine rings is 4. The molecule has 0 bridgehead atoms. The number of aromatic nitrogens is 1. The van der Waals surface area contributed by atoms with Crippen LogP contribution in [0.15, 0.2) is 48.7 Å². The Morgan fingerprint density at radius 1 is 0.831 bits per heavy atom. The predicted molar refractivity (Wildman–Crippen MR) is 212 cm³/mol. The molecule has 5 aliphatic heterocycles. The zero-order valence-electron chi connectivity index (χ0n) is 32.6. The summed E-state index contributed by atoms with van der Waals surface area (Å²) in [6, 6.07) is 11.4. The number of likely N-dealkylation sites (tertiary alicyclic amines) is 1. The minimum Gasteiger partial charge on any atom is -0.492 e. The molecule has 5 amide bonds. The number of hydrogen-bond donors (Lipinski definition) is 2. The quantitative estimate of drug-likeness (QED) is 0.277. The highest BCUT2D eigenvalue weighted by atomic mass is 19.1. The molecule has 2 aromatic carbocycles. The van der Waals surface area contributed by atoms with E-state index in [0.717, 1.165) is 56.3 Å². The SMILES string of the molecule is N#Cc1ccc(N2CCC(C(=O)Nc3ccc(OCC4CCN(CC5CCN(c6cc7c(cc6F)C(=O)N(C6CCC(=O)NC6=O)C7=O)CC5)CC4)cn3)CC2)cc1F. The first kappa shape index (κ1) is 39.9. The summed E-state index contributed by atoms with van der Waals surface area (Å²) in [4.78, 5) is 75.0. The van der Waals surface area contributed by atoms with Crippen LogP contribution in [0.5, 0.6) is 5.75 Å². The number of anilines is 3. The van der Waals surface area contributed by atoms with E-state index in [1.165, 1.54) is 18.2 Å². The number of rotatable bonds is 10. The number of carbonyl (C=O) groups is 5. The van der Waals surface area contributed by atoms with Gasteiger partial charge in [0.05, 0.1) is 35.2 Å². The lowest BCUT2D eigenvalue weighted by atomic mass is 9.92. The summed E-state index contributed by atoms with van der Waals surface area (Å²) in [5, 5.41) is 14.1. The number of nitrogens with one attached hydrogen (secondary N) is 2. The Bertz CT molecular complexity index is 2170. The number of amides is 5. The molecule has 1 unspecified atom stereocenters. The zero-order valence-corrected chi connectivity index (χ0v) is 32.6. The van der Waals surface area contributed by atoms with Crippen molar-refractivity contribution in [2.45, 2.75) is 57.4 Å². The van der Waals surface area contributed by atoms with Crippen molar-refractivity contribution in [3.05, 3.63) is 77.0 Å². The van der Waals surface area contributed by atoms with E-state index in [-0.39, 0.29) is 47.0 Å². The Kier molecular flexibility index (Phi) is 11.6. The smallest absolute Gasteiger partial charge is 0.262 e. The largest absolute Gasteiger partial charge is 0.492 e. The van der Waals surface area contributed by atoms with Gasteiger partial charge < -0.3 is 24.8 Å². The second kappa shape index (κ2) is 17.1. The second-order valence-electron chi connectivity index (χ2n) is 16.2. The van der Waals surface area contributed by atoms with Crippen LogP contribution in [0.25, 0.3) is 0 Å². The molecule has 4 saturated heterocycles. The van der Waals surface area contributed by atoms with E-state index < -0.39 is 41.3 Å². The number of hydrogen-bond acceptors (Lipinski definition) is 11. The van der Waals surface area contributed by atoms with Crippen molar-refractivity contribution < 1.29 is 37.5 Å². The molecule has 0 saturated carbocycles. The summed E-state index contributed by atoms with van der Waals surface area (Å²) in [6.07, 6.45) is 6.65. The first-order valence-electron chi connectivity index (χ1n) is 20.4. The molecule has 2 N–H and O–H groups in total. The third kappa shape index (κ3) is 8.61. The molecule has 0 radical (unpaired) electrons. The molecule has 0 spiro atoms. The molecular formula is C43H46F2N8O6. The third-order valence-corrected chi connectivity index (χ3v) is 12.5. The number of pyridine rings is 1. The molecule has 0 aliphatic carbocycles. The van der Waals surface area contributed by atoms with Gasteiger partial charge in [-0.1, -0.05) is 0 Å². The third-order valence-electron chi connectivity index (χ3n) is 12.5. The highest BCUT2D eigenvalue weighted by molar-refractivity contribution is 6.23. The maximum atomic E-state index is 15.4. The fraction of sp³-hybridized carbons (Fsp3) is 0.465. The van der Waals surface area contributed by atoms with Gasteiger partial charge in [-0.3, -0.25) is 34.2 Å². The molecule has 4 fully saturated rings. The maximum absolute atomic E-state index is 15.4. The van der Waals surface area contributed by atoms with Gasteiger partial charge in [0.1, 0.15) is 35.3 Å². The fourth-order valence-electron chi connectivity index (χ4n) is 8.95. The van der Waals surface area contributed by atoms with E-state index in [0.29, 0.717) is 74.7 Å². The Hall–Kier alpha value is -5.95. The number of fused-ring (bicyclic) bond motifs is 1. The number of imide groups is 2. The molecule has 3 aromatic rings. The van der Waals surface area contributed by atoms with E-state index in [1.807, 2.05) is 21.9 Å². The molecule has 16 heteroatoms. The van der Waals surface area contributed by atoms with Crippen molar-refractivity contribution in [2.75, 3.05) is 67.5 Å². The van der Waals surface area contributed by atoms with Crippen molar-refractivity contribution in [3.63, 3.8) is 0 Å². The van der Waals surface area contributed by atoms with Gasteiger partial charge in [-0.05, 0) is 112 Å². The van der Waals surface area contributed by atoms with Crippen molar-refractivity contribution in [1.29, 1.82) is 5.26 Å². The van der Waals surface area contributed by atoms with Gasteiger partial charge in [0, 0.05) is 50.7 Å². The van der Waals surface area contributed by atoms with Gasteiger partial charge in [0.25, 0.3) is 11.8 Å². The first-order chi connectivity index (χ1) is 28.5. The van der Waals surface area contributed by atoms with Crippen LogP contribution in [0.2, 0.25) is 0 Å². The second-order valence-corrected chi connectivity index (χ2v) is 16.2.